The Hall–Kier alpha value is -2.47. The summed E-state index contributed by atoms with van der Waals surface area (Å²) in [5, 5.41) is 10.7. The smallest absolute Gasteiger partial charge is 0.202 e. The first-order valence-electron chi connectivity index (χ1n) is 9.89. The van der Waals surface area contributed by atoms with Crippen molar-refractivity contribution in [2.75, 3.05) is 10.6 Å². The summed E-state index contributed by atoms with van der Waals surface area (Å²) in [6.07, 6.45) is 5.28. The Morgan fingerprint density at radius 3 is 2.71 bits per heavy atom. The van der Waals surface area contributed by atoms with E-state index in [1.54, 1.807) is 17.5 Å². The molecule has 0 aliphatic rings. The van der Waals surface area contributed by atoms with Gasteiger partial charge in [0.05, 0.1) is 17.2 Å². The number of rotatable bonds is 7. The van der Waals surface area contributed by atoms with E-state index in [9.17, 15) is 0 Å². The van der Waals surface area contributed by atoms with Gasteiger partial charge in [-0.15, -0.1) is 11.3 Å². The number of nitrogens with zero attached hydrogens (tertiary/aromatic N) is 3. The van der Waals surface area contributed by atoms with Crippen LogP contribution in [0.25, 0.3) is 10.9 Å². The van der Waals surface area contributed by atoms with Gasteiger partial charge in [-0.1, -0.05) is 44.9 Å². The van der Waals surface area contributed by atoms with Crippen molar-refractivity contribution in [1.29, 1.82) is 0 Å². The molecular weight excluding hydrogens is 366 g/mol. The fourth-order valence-electron chi connectivity index (χ4n) is 3.13. The zero-order valence-electron chi connectivity index (χ0n) is 17.1. The predicted molar refractivity (Wildman–Crippen MR) is 121 cm³/mol. The maximum absolute atomic E-state index is 4.92. The van der Waals surface area contributed by atoms with Crippen LogP contribution in [0.15, 0.2) is 46.9 Å². The van der Waals surface area contributed by atoms with Crippen molar-refractivity contribution in [1.82, 2.24) is 9.97 Å². The molecule has 148 valence electrons. The molecule has 2 heterocycles. The molecule has 0 bridgehead atoms. The molecule has 28 heavy (non-hydrogen) atoms. The molecule has 3 rings (SSSR count). The Labute approximate surface area is 171 Å². The second-order valence-electron chi connectivity index (χ2n) is 7.57. The van der Waals surface area contributed by atoms with Gasteiger partial charge in [-0.25, -0.2) is 9.98 Å². The summed E-state index contributed by atoms with van der Waals surface area (Å²) in [6, 6.07) is 10.4. The van der Waals surface area contributed by atoms with E-state index in [1.807, 2.05) is 30.5 Å². The average Bonchev–Trinajstić information content (AvgIpc) is 3.14. The molecule has 0 spiro atoms. The van der Waals surface area contributed by atoms with Crippen molar-refractivity contribution in [3.8, 4) is 0 Å². The van der Waals surface area contributed by atoms with Crippen LogP contribution in [0.4, 0.5) is 10.8 Å². The minimum Gasteiger partial charge on any atom is -0.325 e. The lowest BCUT2D eigenvalue weighted by Gasteiger charge is -2.16. The summed E-state index contributed by atoms with van der Waals surface area (Å²) in [5.74, 6) is 1.45. The number of aromatic nitrogens is 2. The Morgan fingerprint density at radius 2 is 1.96 bits per heavy atom. The number of fused-ring (bicyclic) bond motifs is 1. The van der Waals surface area contributed by atoms with Gasteiger partial charge in [0, 0.05) is 22.7 Å². The van der Waals surface area contributed by atoms with Crippen LogP contribution < -0.4 is 10.6 Å². The van der Waals surface area contributed by atoms with Crippen LogP contribution in [0, 0.1) is 12.8 Å². The van der Waals surface area contributed by atoms with E-state index in [1.165, 1.54) is 12.8 Å². The average molecular weight is 396 g/mol. The highest BCUT2D eigenvalue weighted by molar-refractivity contribution is 7.13. The van der Waals surface area contributed by atoms with Crippen LogP contribution in [-0.4, -0.2) is 22.0 Å². The monoisotopic (exact) mass is 395 g/mol. The van der Waals surface area contributed by atoms with E-state index < -0.39 is 0 Å². The summed E-state index contributed by atoms with van der Waals surface area (Å²) >= 11 is 1.56. The van der Waals surface area contributed by atoms with Crippen molar-refractivity contribution in [3.63, 3.8) is 0 Å². The number of nitrogens with one attached hydrogen (secondary N) is 2. The van der Waals surface area contributed by atoms with E-state index in [4.69, 9.17) is 4.99 Å². The molecule has 0 aliphatic heterocycles. The molecule has 2 N–H and O–H groups in total. The number of anilines is 2. The molecule has 0 amide bonds. The van der Waals surface area contributed by atoms with Crippen LogP contribution in [0.1, 0.15) is 45.7 Å². The van der Waals surface area contributed by atoms with E-state index in [2.05, 4.69) is 53.5 Å². The normalized spacial score (nSPS) is 13.1. The van der Waals surface area contributed by atoms with Crippen molar-refractivity contribution < 1.29 is 0 Å². The highest BCUT2D eigenvalue weighted by atomic mass is 32.1. The summed E-state index contributed by atoms with van der Waals surface area (Å²) in [4.78, 5) is 13.9. The van der Waals surface area contributed by atoms with E-state index >= 15 is 0 Å². The third kappa shape index (κ3) is 5.76. The first kappa shape index (κ1) is 20.3. The molecule has 1 atom stereocenters. The number of hydrogen-bond acceptors (Lipinski definition) is 4. The van der Waals surface area contributed by atoms with Gasteiger partial charge in [0.2, 0.25) is 5.96 Å². The van der Waals surface area contributed by atoms with Gasteiger partial charge in [-0.3, -0.25) is 4.98 Å². The highest BCUT2D eigenvalue weighted by Crippen LogP contribution is 2.23. The third-order valence-corrected chi connectivity index (χ3v) is 5.20. The fourth-order valence-corrected chi connectivity index (χ4v) is 3.66. The molecule has 0 aliphatic carbocycles. The Balaban J connectivity index is 1.84. The number of para-hydroxylation sites is 1. The molecule has 2 aromatic heterocycles. The summed E-state index contributed by atoms with van der Waals surface area (Å²) in [7, 11) is 0. The summed E-state index contributed by atoms with van der Waals surface area (Å²) < 4.78 is 0. The summed E-state index contributed by atoms with van der Waals surface area (Å²) in [5.41, 5.74) is 2.95. The molecule has 5 nitrogen and oxygen atoms in total. The molecule has 1 unspecified atom stereocenters. The molecule has 3 aromatic rings. The molecule has 0 saturated carbocycles. The van der Waals surface area contributed by atoms with Gasteiger partial charge < -0.3 is 10.6 Å². The molecule has 0 radical (unpaired) electrons. The predicted octanol–water partition coefficient (Wildman–Crippen LogP) is 6.09. The Morgan fingerprint density at radius 1 is 1.14 bits per heavy atom. The molecular formula is C22H29N5S. The third-order valence-electron chi connectivity index (χ3n) is 4.51. The van der Waals surface area contributed by atoms with Gasteiger partial charge in [-0.2, -0.15) is 0 Å². The second kappa shape index (κ2) is 9.64. The number of thiazole rings is 1. The van der Waals surface area contributed by atoms with Gasteiger partial charge in [0.1, 0.15) is 0 Å². The topological polar surface area (TPSA) is 62.2 Å². The van der Waals surface area contributed by atoms with Gasteiger partial charge in [0.15, 0.2) is 5.13 Å². The maximum Gasteiger partial charge on any atom is 0.202 e. The van der Waals surface area contributed by atoms with Crippen LogP contribution in [0.2, 0.25) is 0 Å². The van der Waals surface area contributed by atoms with E-state index in [-0.39, 0.29) is 6.04 Å². The number of aliphatic imine (C=N–C) groups is 1. The molecule has 0 fully saturated rings. The molecule has 0 saturated heterocycles. The Bertz CT molecular complexity index is 918. The largest absolute Gasteiger partial charge is 0.325 e. The number of aryl methyl sites for hydroxylation is 1. The lowest BCUT2D eigenvalue weighted by molar-refractivity contribution is 0.512. The van der Waals surface area contributed by atoms with Gasteiger partial charge in [0.25, 0.3) is 0 Å². The minimum atomic E-state index is 0.225. The van der Waals surface area contributed by atoms with Crippen LogP contribution in [-0.2, 0) is 0 Å². The van der Waals surface area contributed by atoms with Crippen molar-refractivity contribution in [3.05, 3.63) is 47.6 Å². The number of benzene rings is 1. The van der Waals surface area contributed by atoms with Crippen LogP contribution in [0.5, 0.6) is 0 Å². The highest BCUT2D eigenvalue weighted by Gasteiger charge is 2.10. The number of guanidine groups is 1. The maximum atomic E-state index is 4.92. The lowest BCUT2D eigenvalue weighted by Crippen LogP contribution is -2.24. The zero-order valence-corrected chi connectivity index (χ0v) is 17.9. The first-order valence-corrected chi connectivity index (χ1v) is 10.8. The van der Waals surface area contributed by atoms with Crippen LogP contribution >= 0.6 is 11.3 Å². The van der Waals surface area contributed by atoms with E-state index in [0.717, 1.165) is 45.7 Å². The molecule has 6 heteroatoms. The summed E-state index contributed by atoms with van der Waals surface area (Å²) in [6.45, 7) is 8.71. The van der Waals surface area contributed by atoms with Crippen molar-refractivity contribution >= 4 is 39.0 Å². The molecule has 1 aromatic carbocycles. The number of hydrogen-bond donors (Lipinski definition) is 2. The first-order chi connectivity index (χ1) is 13.5. The lowest BCUT2D eigenvalue weighted by atomic mass is 10.0. The zero-order chi connectivity index (χ0) is 19.9. The quantitative estimate of drug-likeness (QED) is 0.375. The Kier molecular flexibility index (Phi) is 6.98. The second-order valence-corrected chi connectivity index (χ2v) is 8.46. The minimum absolute atomic E-state index is 0.225. The number of pyridine rings is 1. The van der Waals surface area contributed by atoms with Gasteiger partial charge in [-0.05, 0) is 38.3 Å². The van der Waals surface area contributed by atoms with E-state index in [0.29, 0.717) is 0 Å². The van der Waals surface area contributed by atoms with Crippen LogP contribution in [0.3, 0.4) is 0 Å². The SMILES string of the molecule is Cc1cc(NC(=NC(C)CCCC(C)C)Nc2nccs2)c2ccccc2n1. The van der Waals surface area contributed by atoms with Crippen molar-refractivity contribution in [2.45, 2.75) is 53.0 Å². The van der Waals surface area contributed by atoms with Crippen molar-refractivity contribution in [2.24, 2.45) is 10.9 Å². The standard InChI is InChI=1S/C22H29N5S/c1-15(2)8-7-9-16(3)25-21(27-22-23-12-13-28-22)26-20-14-17(4)24-19-11-6-5-10-18(19)20/h5-6,10-16H,7-9H2,1-4H3,(H2,23,24,25,26,27). The fraction of sp³-hybridized carbons (Fsp3) is 0.409. The van der Waals surface area contributed by atoms with Gasteiger partial charge >= 0.3 is 0 Å².